The number of oxazole rings is 1. The van der Waals surface area contributed by atoms with Gasteiger partial charge in [0.25, 0.3) is 0 Å². The van der Waals surface area contributed by atoms with E-state index in [9.17, 15) is 9.90 Å². The van der Waals surface area contributed by atoms with Crippen LogP contribution in [0.5, 0.6) is 0 Å². The molecular weight excluding hydrogens is 484 g/mol. The van der Waals surface area contributed by atoms with E-state index in [1.807, 2.05) is 18.2 Å². The van der Waals surface area contributed by atoms with E-state index in [0.717, 1.165) is 35.1 Å². The first-order chi connectivity index (χ1) is 18.2. The van der Waals surface area contributed by atoms with Gasteiger partial charge in [-0.3, -0.25) is 4.79 Å². The number of carbonyl (C=O) groups is 1. The van der Waals surface area contributed by atoms with Crippen molar-refractivity contribution in [2.75, 3.05) is 42.3 Å². The van der Waals surface area contributed by atoms with Gasteiger partial charge in [-0.05, 0) is 57.9 Å². The van der Waals surface area contributed by atoms with Crippen molar-refractivity contribution in [3.8, 4) is 11.5 Å². The Morgan fingerprint density at radius 3 is 2.71 bits per heavy atom. The molecule has 4 heterocycles. The molecule has 2 fully saturated rings. The van der Waals surface area contributed by atoms with Gasteiger partial charge < -0.3 is 29.8 Å². The number of fused-ring (bicyclic) bond motifs is 2. The van der Waals surface area contributed by atoms with Gasteiger partial charge in [0.2, 0.25) is 11.8 Å². The number of hydrogen-bond acceptors (Lipinski definition) is 9. The maximum atomic E-state index is 13.1. The maximum Gasteiger partial charge on any atom is 0.234 e. The number of rotatable bonds is 6. The van der Waals surface area contributed by atoms with Crippen molar-refractivity contribution in [1.82, 2.24) is 15.0 Å². The highest BCUT2D eigenvalue weighted by Gasteiger charge is 2.59. The summed E-state index contributed by atoms with van der Waals surface area (Å²) in [7, 11) is 1.80. The Balaban J connectivity index is 1.38. The SMILES string of the molecule is CNc1ncc(-c2nc3cc(N4CCO[C@@H](C)C4)ccc3o2)c2cc(NC(=O)C3(C(C)(C)O)CC3)ncc12. The zero-order valence-electron chi connectivity index (χ0n) is 22.0. The smallest absolute Gasteiger partial charge is 0.234 e. The van der Waals surface area contributed by atoms with Gasteiger partial charge >= 0.3 is 0 Å². The molecule has 1 saturated heterocycles. The van der Waals surface area contributed by atoms with Crippen LogP contribution in [0.2, 0.25) is 0 Å². The number of morpholine rings is 1. The summed E-state index contributed by atoms with van der Waals surface area (Å²) in [6, 6.07) is 7.83. The number of hydrogen-bond donors (Lipinski definition) is 3. The normalized spacial score (nSPS) is 19.1. The van der Waals surface area contributed by atoms with Crippen LogP contribution in [0.3, 0.4) is 0 Å². The Morgan fingerprint density at radius 2 is 2.00 bits per heavy atom. The van der Waals surface area contributed by atoms with Gasteiger partial charge in [-0.2, -0.15) is 0 Å². The van der Waals surface area contributed by atoms with Crippen molar-refractivity contribution in [2.24, 2.45) is 5.41 Å². The van der Waals surface area contributed by atoms with Gasteiger partial charge in [0.05, 0.1) is 29.3 Å². The summed E-state index contributed by atoms with van der Waals surface area (Å²) in [6.07, 6.45) is 4.86. The lowest BCUT2D eigenvalue weighted by atomic mass is 9.86. The number of aliphatic hydroxyl groups is 1. The second-order valence-electron chi connectivity index (χ2n) is 10.8. The van der Waals surface area contributed by atoms with Crippen LogP contribution in [-0.4, -0.2) is 64.4 Å². The molecule has 0 bridgehead atoms. The minimum atomic E-state index is -1.11. The summed E-state index contributed by atoms with van der Waals surface area (Å²) in [5.41, 5.74) is 1.30. The van der Waals surface area contributed by atoms with Gasteiger partial charge in [0.15, 0.2) is 5.58 Å². The molecule has 3 N–H and O–H groups in total. The predicted molar refractivity (Wildman–Crippen MR) is 146 cm³/mol. The number of nitrogens with zero attached hydrogens (tertiary/aromatic N) is 4. The second-order valence-corrected chi connectivity index (χ2v) is 10.8. The Morgan fingerprint density at radius 1 is 1.18 bits per heavy atom. The first-order valence-corrected chi connectivity index (χ1v) is 13.0. The quantitative estimate of drug-likeness (QED) is 0.346. The van der Waals surface area contributed by atoms with Gasteiger partial charge in [0, 0.05) is 49.0 Å². The van der Waals surface area contributed by atoms with E-state index in [-0.39, 0.29) is 12.0 Å². The zero-order chi connectivity index (χ0) is 26.7. The summed E-state index contributed by atoms with van der Waals surface area (Å²) in [4.78, 5) is 29.2. The summed E-state index contributed by atoms with van der Waals surface area (Å²) >= 11 is 0. The number of carbonyl (C=O) groups excluding carboxylic acids is 1. The zero-order valence-corrected chi connectivity index (χ0v) is 22.0. The number of anilines is 3. The van der Waals surface area contributed by atoms with E-state index in [2.05, 4.69) is 32.4 Å². The third-order valence-corrected chi connectivity index (χ3v) is 7.81. The molecule has 0 unspecified atom stereocenters. The number of nitrogens with one attached hydrogen (secondary N) is 2. The molecular formula is C28H32N6O4. The fourth-order valence-electron chi connectivity index (χ4n) is 5.33. The highest BCUT2D eigenvalue weighted by molar-refractivity contribution is 6.04. The van der Waals surface area contributed by atoms with Crippen LogP contribution in [0.15, 0.2) is 41.1 Å². The molecule has 10 heteroatoms. The summed E-state index contributed by atoms with van der Waals surface area (Å²) < 4.78 is 11.9. The number of aromatic nitrogens is 3. The van der Waals surface area contributed by atoms with Gasteiger partial charge in [0.1, 0.15) is 17.2 Å². The summed E-state index contributed by atoms with van der Waals surface area (Å²) in [5, 5.41) is 18.1. The molecule has 1 saturated carbocycles. The molecule has 1 atom stereocenters. The van der Waals surface area contributed by atoms with Crippen molar-refractivity contribution < 1.29 is 19.1 Å². The van der Waals surface area contributed by atoms with Crippen molar-refractivity contribution in [3.05, 3.63) is 36.7 Å². The van der Waals surface area contributed by atoms with Crippen LogP contribution < -0.4 is 15.5 Å². The van der Waals surface area contributed by atoms with Crippen molar-refractivity contribution in [1.29, 1.82) is 0 Å². The molecule has 10 nitrogen and oxygen atoms in total. The summed E-state index contributed by atoms with van der Waals surface area (Å²) in [6.45, 7) is 7.78. The first kappa shape index (κ1) is 24.6. The monoisotopic (exact) mass is 516 g/mol. The van der Waals surface area contributed by atoms with Crippen LogP contribution in [-0.2, 0) is 9.53 Å². The van der Waals surface area contributed by atoms with Gasteiger partial charge in [-0.25, -0.2) is 15.0 Å². The minimum absolute atomic E-state index is 0.178. The molecule has 6 rings (SSSR count). The molecule has 1 amide bonds. The largest absolute Gasteiger partial charge is 0.436 e. The molecule has 1 aliphatic heterocycles. The van der Waals surface area contributed by atoms with E-state index in [0.29, 0.717) is 48.1 Å². The van der Waals surface area contributed by atoms with Crippen LogP contribution in [0.25, 0.3) is 33.3 Å². The Kier molecular flexibility index (Phi) is 5.77. The van der Waals surface area contributed by atoms with Crippen molar-refractivity contribution in [2.45, 2.75) is 45.3 Å². The third kappa shape index (κ3) is 4.13. The number of amides is 1. The predicted octanol–water partition coefficient (Wildman–Crippen LogP) is 4.19. The maximum absolute atomic E-state index is 13.1. The standard InChI is InChI=1S/C28H32N6O4/c1-16-15-34(9-10-37-16)17-5-6-22-21(11-17)32-25(38-22)20-14-31-24(29-4)19-13-30-23(12-18(19)20)33-26(35)28(7-8-28)27(2,3)36/h5-6,11-14,16,36H,7-10,15H2,1-4H3,(H,29,31)(H,30,33,35)/t16-/m0/s1. The lowest BCUT2D eigenvalue weighted by Gasteiger charge is -2.32. The average molecular weight is 517 g/mol. The topological polar surface area (TPSA) is 126 Å². The van der Waals surface area contributed by atoms with Crippen LogP contribution in [0.4, 0.5) is 17.3 Å². The number of ether oxygens (including phenoxy) is 1. The second kappa shape index (κ2) is 8.92. The number of benzene rings is 1. The van der Waals surface area contributed by atoms with Crippen molar-refractivity contribution in [3.63, 3.8) is 0 Å². The fourth-order valence-corrected chi connectivity index (χ4v) is 5.33. The fraction of sp³-hybridized carbons (Fsp3) is 0.429. The minimum Gasteiger partial charge on any atom is -0.436 e. The molecule has 1 aliphatic carbocycles. The molecule has 2 aliphatic rings. The van der Waals surface area contributed by atoms with Gasteiger partial charge in [-0.15, -0.1) is 0 Å². The molecule has 198 valence electrons. The van der Waals surface area contributed by atoms with Crippen LogP contribution in [0, 0.1) is 5.41 Å². The van der Waals surface area contributed by atoms with E-state index in [1.54, 1.807) is 39.4 Å². The van der Waals surface area contributed by atoms with Crippen molar-refractivity contribution >= 4 is 45.1 Å². The molecule has 4 aromatic rings. The Labute approximate surface area is 220 Å². The van der Waals surface area contributed by atoms with E-state index in [4.69, 9.17) is 14.1 Å². The van der Waals surface area contributed by atoms with E-state index >= 15 is 0 Å². The van der Waals surface area contributed by atoms with E-state index in [1.165, 1.54) is 0 Å². The van der Waals surface area contributed by atoms with E-state index < -0.39 is 11.0 Å². The lowest BCUT2D eigenvalue weighted by Crippen LogP contribution is -2.42. The molecule has 38 heavy (non-hydrogen) atoms. The number of pyridine rings is 2. The summed E-state index contributed by atoms with van der Waals surface area (Å²) in [5.74, 6) is 1.26. The lowest BCUT2D eigenvalue weighted by molar-refractivity contribution is -0.129. The molecule has 0 radical (unpaired) electrons. The molecule has 3 aromatic heterocycles. The van der Waals surface area contributed by atoms with Crippen LogP contribution >= 0.6 is 0 Å². The highest BCUT2D eigenvalue weighted by Crippen LogP contribution is 2.54. The average Bonchev–Trinajstić information content (AvgIpc) is 3.62. The molecule has 0 spiro atoms. The Bertz CT molecular complexity index is 1540. The van der Waals surface area contributed by atoms with Crippen LogP contribution in [0.1, 0.15) is 33.6 Å². The first-order valence-electron chi connectivity index (χ1n) is 13.0. The Hall–Kier alpha value is -3.76. The van der Waals surface area contributed by atoms with Gasteiger partial charge in [-0.1, -0.05) is 0 Å². The third-order valence-electron chi connectivity index (χ3n) is 7.81. The highest BCUT2D eigenvalue weighted by atomic mass is 16.5. The molecule has 1 aromatic carbocycles.